The third kappa shape index (κ3) is 4.63. The Morgan fingerprint density at radius 1 is 1.26 bits per heavy atom. The second-order valence-corrected chi connectivity index (χ2v) is 6.41. The molecule has 1 atom stereocenters. The van der Waals surface area contributed by atoms with Crippen molar-refractivity contribution in [2.75, 3.05) is 0 Å². The van der Waals surface area contributed by atoms with Gasteiger partial charge in [-0.2, -0.15) is 0 Å². The van der Waals surface area contributed by atoms with Gasteiger partial charge >= 0.3 is 0 Å². The highest BCUT2D eigenvalue weighted by atomic mass is 35.5. The van der Waals surface area contributed by atoms with Crippen LogP contribution in [0.5, 0.6) is 5.75 Å². The summed E-state index contributed by atoms with van der Waals surface area (Å²) in [6.45, 7) is 1.53. The van der Waals surface area contributed by atoms with Crippen LogP contribution in [-0.2, 0) is 9.59 Å². The van der Waals surface area contributed by atoms with Gasteiger partial charge in [-0.3, -0.25) is 9.59 Å². The lowest BCUT2D eigenvalue weighted by Crippen LogP contribution is -2.33. The van der Waals surface area contributed by atoms with Gasteiger partial charge in [-0.25, -0.2) is 10.4 Å². The van der Waals surface area contributed by atoms with Crippen LogP contribution < -0.4 is 20.7 Å². The number of carbonyl (C=O) groups excluding carboxylic acids is 2. The number of amides is 2. The molecule has 0 bridgehead atoms. The number of hydrogen-bond acceptors (Lipinski definition) is 4. The maximum Gasteiger partial charge on any atom is 0.287 e. The van der Waals surface area contributed by atoms with Crippen molar-refractivity contribution in [3.05, 3.63) is 68.7 Å². The molecule has 0 aromatic heterocycles. The summed E-state index contributed by atoms with van der Waals surface area (Å²) in [7, 11) is 0. The molecule has 3 rings (SSSR count). The molecule has 2 amide bonds. The van der Waals surface area contributed by atoms with E-state index >= 15 is 0 Å². The van der Waals surface area contributed by atoms with Crippen LogP contribution in [0.3, 0.4) is 0 Å². The molecule has 1 N–H and O–H groups in total. The highest BCUT2D eigenvalue weighted by Gasteiger charge is 2.16. The lowest BCUT2D eigenvalue weighted by molar-refractivity contribution is -0.127. The number of ether oxygens (including phenoxy) is 1. The van der Waals surface area contributed by atoms with E-state index in [0.29, 0.717) is 16.1 Å². The maximum atomic E-state index is 12.1. The van der Waals surface area contributed by atoms with E-state index in [0.717, 1.165) is 5.22 Å². The first-order valence-electron chi connectivity index (χ1n) is 7.88. The summed E-state index contributed by atoms with van der Waals surface area (Å²) in [5.41, 5.74) is 2.41. The summed E-state index contributed by atoms with van der Waals surface area (Å²) in [6.07, 6.45) is 0.726. The molecule has 8 heteroatoms. The van der Waals surface area contributed by atoms with Gasteiger partial charge in [0.15, 0.2) is 6.10 Å². The van der Waals surface area contributed by atoms with Crippen LogP contribution in [0.25, 0.3) is 6.08 Å². The van der Waals surface area contributed by atoms with Gasteiger partial charge < -0.3 is 4.74 Å². The quantitative estimate of drug-likeness (QED) is 0.483. The predicted octanol–water partition coefficient (Wildman–Crippen LogP) is 2.03. The highest BCUT2D eigenvalue weighted by molar-refractivity contribution is 6.35. The van der Waals surface area contributed by atoms with Crippen LogP contribution in [0.15, 0.2) is 58.1 Å². The molecule has 0 saturated carbocycles. The maximum absolute atomic E-state index is 12.1. The molecule has 136 valence electrons. The number of hydrogen-bond donors (Lipinski definition) is 1. The minimum absolute atomic E-state index is 0.142. The van der Waals surface area contributed by atoms with Gasteiger partial charge in [0, 0.05) is 16.1 Å². The Kier molecular flexibility index (Phi) is 5.72. The molecule has 6 nitrogen and oxygen atoms in total. The third-order valence-corrected chi connectivity index (χ3v) is 4.13. The SMILES string of the molecule is CC(Oc1ccc(Cl)cc1Cl)C(=O)NN=C=C1C=c2ccccc2=NC1=O. The summed E-state index contributed by atoms with van der Waals surface area (Å²) in [5, 5.41) is 5.79. The fourth-order valence-corrected chi connectivity index (χ4v) is 2.68. The van der Waals surface area contributed by atoms with Gasteiger partial charge in [-0.1, -0.05) is 41.4 Å². The Bertz CT molecular complexity index is 1110. The Morgan fingerprint density at radius 3 is 2.81 bits per heavy atom. The standard InChI is InChI=1S/C19H13Cl2N3O3/c1-11(27-17-7-6-14(20)9-15(17)21)18(25)24-22-10-13-8-12-4-2-3-5-16(12)23-19(13)26/h2-9,11H,1H3,(H,24,25). The molecule has 1 aliphatic heterocycles. The Labute approximate surface area is 164 Å². The van der Waals surface area contributed by atoms with Crippen molar-refractivity contribution < 1.29 is 14.3 Å². The van der Waals surface area contributed by atoms with E-state index in [1.807, 2.05) is 12.1 Å². The zero-order valence-corrected chi connectivity index (χ0v) is 15.6. The summed E-state index contributed by atoms with van der Waals surface area (Å²) < 4.78 is 5.48. The second-order valence-electron chi connectivity index (χ2n) is 5.57. The predicted molar refractivity (Wildman–Crippen MR) is 102 cm³/mol. The number of carbonyl (C=O) groups is 2. The molecule has 0 radical (unpaired) electrons. The number of nitrogens with one attached hydrogen (secondary N) is 1. The summed E-state index contributed by atoms with van der Waals surface area (Å²) in [6, 6.07) is 11.9. The Hall–Kier alpha value is -2.92. The van der Waals surface area contributed by atoms with Crippen molar-refractivity contribution in [1.29, 1.82) is 0 Å². The van der Waals surface area contributed by atoms with Crippen molar-refractivity contribution in [1.82, 2.24) is 5.43 Å². The van der Waals surface area contributed by atoms with E-state index in [1.165, 1.54) is 13.0 Å². The smallest absolute Gasteiger partial charge is 0.287 e. The molecule has 2 aromatic carbocycles. The number of nitrogens with zero attached hydrogens (tertiary/aromatic N) is 2. The molecule has 0 aliphatic carbocycles. The van der Waals surface area contributed by atoms with Gasteiger partial charge in [0.25, 0.3) is 11.8 Å². The number of fused-ring (bicyclic) bond motifs is 1. The van der Waals surface area contributed by atoms with Crippen molar-refractivity contribution >= 4 is 47.0 Å². The molecule has 1 unspecified atom stereocenters. The minimum Gasteiger partial charge on any atom is -0.479 e. The topological polar surface area (TPSA) is 80.1 Å². The molecule has 1 heterocycles. The third-order valence-electron chi connectivity index (χ3n) is 3.60. The molecule has 0 spiro atoms. The van der Waals surface area contributed by atoms with E-state index in [9.17, 15) is 9.59 Å². The average molecular weight is 402 g/mol. The fraction of sp³-hybridized carbons (Fsp3) is 0.105. The number of halogens is 2. The summed E-state index contributed by atoms with van der Waals surface area (Å²) in [5.74, 6) is 1.79. The van der Waals surface area contributed by atoms with E-state index in [4.69, 9.17) is 27.9 Å². The first kappa shape index (κ1) is 18.9. The lowest BCUT2D eigenvalue weighted by Gasteiger charge is -2.13. The van der Waals surface area contributed by atoms with E-state index in [2.05, 4.69) is 21.4 Å². The van der Waals surface area contributed by atoms with E-state index in [-0.39, 0.29) is 10.6 Å². The monoisotopic (exact) mass is 401 g/mol. The second kappa shape index (κ2) is 8.18. The molecule has 0 fully saturated rings. The van der Waals surface area contributed by atoms with E-state index < -0.39 is 17.9 Å². The molecule has 1 aliphatic rings. The normalized spacial score (nSPS) is 13.4. The van der Waals surface area contributed by atoms with Gasteiger partial charge in [0.05, 0.1) is 10.4 Å². The minimum atomic E-state index is -0.879. The van der Waals surface area contributed by atoms with Crippen molar-refractivity contribution in [2.45, 2.75) is 13.0 Å². The number of para-hydroxylation sites is 1. The summed E-state index contributed by atoms with van der Waals surface area (Å²) in [4.78, 5) is 28.0. The first-order chi connectivity index (χ1) is 12.9. The largest absolute Gasteiger partial charge is 0.479 e. The molecule has 2 aromatic rings. The molecule has 27 heavy (non-hydrogen) atoms. The van der Waals surface area contributed by atoms with Crippen LogP contribution in [0.1, 0.15) is 6.92 Å². The Morgan fingerprint density at radius 2 is 2.04 bits per heavy atom. The first-order valence-corrected chi connectivity index (χ1v) is 8.64. The van der Waals surface area contributed by atoms with Crippen molar-refractivity contribution in [2.24, 2.45) is 10.1 Å². The van der Waals surface area contributed by atoms with Gasteiger partial charge in [0.1, 0.15) is 11.3 Å². The van der Waals surface area contributed by atoms with Gasteiger partial charge in [-0.05, 0) is 37.3 Å². The van der Waals surface area contributed by atoms with Crippen molar-refractivity contribution in [3.8, 4) is 5.75 Å². The molecular formula is C19H13Cl2N3O3. The lowest BCUT2D eigenvalue weighted by atomic mass is 10.1. The Balaban J connectivity index is 1.70. The highest BCUT2D eigenvalue weighted by Crippen LogP contribution is 2.28. The summed E-state index contributed by atoms with van der Waals surface area (Å²) >= 11 is 11.8. The van der Waals surface area contributed by atoms with Crippen LogP contribution in [0.2, 0.25) is 10.0 Å². The molecule has 0 saturated heterocycles. The number of benzene rings is 2. The van der Waals surface area contributed by atoms with Crippen LogP contribution in [0, 0.1) is 0 Å². The van der Waals surface area contributed by atoms with Gasteiger partial charge in [-0.15, -0.1) is 5.10 Å². The van der Waals surface area contributed by atoms with Crippen molar-refractivity contribution in [3.63, 3.8) is 0 Å². The zero-order valence-electron chi connectivity index (χ0n) is 14.1. The zero-order chi connectivity index (χ0) is 19.4. The van der Waals surface area contributed by atoms with E-state index in [1.54, 1.807) is 30.3 Å². The average Bonchev–Trinajstić information content (AvgIpc) is 2.64. The number of hydrazone groups is 1. The van der Waals surface area contributed by atoms with Crippen LogP contribution in [0.4, 0.5) is 0 Å². The molecular weight excluding hydrogens is 389 g/mol. The van der Waals surface area contributed by atoms with Gasteiger partial charge in [0.2, 0.25) is 0 Å². The number of rotatable bonds is 4. The fourth-order valence-electron chi connectivity index (χ4n) is 2.23. The van der Waals surface area contributed by atoms with Crippen LogP contribution >= 0.6 is 23.2 Å². The van der Waals surface area contributed by atoms with Crippen LogP contribution in [-0.4, -0.2) is 23.8 Å².